The van der Waals surface area contributed by atoms with Crippen LogP contribution in [0.2, 0.25) is 0 Å². The minimum Gasteiger partial charge on any atom is -0.493 e. The summed E-state index contributed by atoms with van der Waals surface area (Å²) >= 11 is 1.30. The number of para-hydroxylation sites is 1. The summed E-state index contributed by atoms with van der Waals surface area (Å²) in [6.45, 7) is 8.56. The standard InChI is InChI=1S/C17H24N2O2S/c1-10(2)9-11(3)13-7-5-6-8-14(13)19-12(4)22-15(16(18)20)17(19)21/h5-8,10-12,21H,9H2,1-4H3,(H2,18,20). The van der Waals surface area contributed by atoms with Crippen LogP contribution in [0.3, 0.4) is 0 Å². The van der Waals surface area contributed by atoms with Gasteiger partial charge in [-0.05, 0) is 36.8 Å². The van der Waals surface area contributed by atoms with Crippen molar-refractivity contribution in [2.45, 2.75) is 45.4 Å². The van der Waals surface area contributed by atoms with Crippen LogP contribution in [0.5, 0.6) is 0 Å². The minimum absolute atomic E-state index is 0.0332. The molecule has 0 aromatic heterocycles. The average molecular weight is 320 g/mol. The molecule has 0 saturated heterocycles. The molecule has 120 valence electrons. The summed E-state index contributed by atoms with van der Waals surface area (Å²) in [6.07, 6.45) is 1.07. The van der Waals surface area contributed by atoms with Crippen LogP contribution in [-0.4, -0.2) is 16.4 Å². The first kappa shape index (κ1) is 16.7. The zero-order valence-electron chi connectivity index (χ0n) is 13.5. The Morgan fingerprint density at radius 2 is 2.00 bits per heavy atom. The summed E-state index contributed by atoms with van der Waals surface area (Å²) < 4.78 is 0. The molecule has 1 aromatic carbocycles. The molecule has 2 unspecified atom stereocenters. The highest BCUT2D eigenvalue weighted by atomic mass is 32.2. The monoisotopic (exact) mass is 320 g/mol. The van der Waals surface area contributed by atoms with Crippen molar-refractivity contribution >= 4 is 23.4 Å². The Morgan fingerprint density at radius 1 is 1.36 bits per heavy atom. The van der Waals surface area contributed by atoms with Crippen molar-refractivity contribution in [2.75, 3.05) is 4.90 Å². The fraction of sp³-hybridized carbons (Fsp3) is 0.471. The predicted molar refractivity (Wildman–Crippen MR) is 92.7 cm³/mol. The molecule has 0 radical (unpaired) electrons. The lowest BCUT2D eigenvalue weighted by Gasteiger charge is -2.28. The Morgan fingerprint density at radius 3 is 2.55 bits per heavy atom. The molecule has 2 atom stereocenters. The van der Waals surface area contributed by atoms with Gasteiger partial charge in [-0.2, -0.15) is 0 Å². The van der Waals surface area contributed by atoms with Crippen LogP contribution >= 0.6 is 11.8 Å². The number of hydrogen-bond acceptors (Lipinski definition) is 4. The predicted octanol–water partition coefficient (Wildman–Crippen LogP) is 3.95. The van der Waals surface area contributed by atoms with Gasteiger partial charge >= 0.3 is 0 Å². The number of primary amides is 1. The molecule has 0 saturated carbocycles. The molecular formula is C17H24N2O2S. The maximum absolute atomic E-state index is 11.5. The number of hydrogen-bond donors (Lipinski definition) is 2. The second-order valence-corrected chi connectivity index (χ2v) is 7.52. The molecule has 0 spiro atoms. The third-order valence-electron chi connectivity index (χ3n) is 3.86. The first-order valence-corrected chi connectivity index (χ1v) is 8.48. The van der Waals surface area contributed by atoms with E-state index in [2.05, 4.69) is 26.8 Å². The number of rotatable bonds is 5. The maximum atomic E-state index is 11.5. The molecule has 5 heteroatoms. The Hall–Kier alpha value is -1.62. The van der Waals surface area contributed by atoms with Crippen LogP contribution < -0.4 is 10.6 Å². The molecular weight excluding hydrogens is 296 g/mol. The lowest BCUT2D eigenvalue weighted by molar-refractivity contribution is -0.114. The second-order valence-electron chi connectivity index (χ2n) is 6.19. The maximum Gasteiger partial charge on any atom is 0.260 e. The van der Waals surface area contributed by atoms with Gasteiger partial charge in [-0.15, -0.1) is 0 Å². The van der Waals surface area contributed by atoms with E-state index >= 15 is 0 Å². The van der Waals surface area contributed by atoms with Crippen LogP contribution in [0, 0.1) is 5.92 Å². The lowest BCUT2D eigenvalue weighted by atomic mass is 9.90. The Bertz CT molecular complexity index is 598. The number of nitrogens with zero attached hydrogens (tertiary/aromatic N) is 1. The third-order valence-corrected chi connectivity index (χ3v) is 5.03. The van der Waals surface area contributed by atoms with Gasteiger partial charge in [-0.25, -0.2) is 0 Å². The summed E-state index contributed by atoms with van der Waals surface area (Å²) in [4.78, 5) is 13.5. The molecule has 4 nitrogen and oxygen atoms in total. The number of carbonyl (C=O) groups is 1. The van der Waals surface area contributed by atoms with Gasteiger partial charge in [0.1, 0.15) is 4.91 Å². The number of aliphatic hydroxyl groups excluding tert-OH is 1. The second kappa shape index (κ2) is 6.65. The molecule has 1 aliphatic rings. The molecule has 0 bridgehead atoms. The van der Waals surface area contributed by atoms with Crippen LogP contribution in [0.25, 0.3) is 0 Å². The van der Waals surface area contributed by atoms with E-state index in [4.69, 9.17) is 5.73 Å². The summed E-state index contributed by atoms with van der Waals surface area (Å²) in [5.41, 5.74) is 7.48. The molecule has 0 aliphatic carbocycles. The molecule has 1 amide bonds. The summed E-state index contributed by atoms with van der Waals surface area (Å²) in [5, 5.41) is 10.4. The highest BCUT2D eigenvalue weighted by Crippen LogP contribution is 2.43. The van der Waals surface area contributed by atoms with Crippen LogP contribution in [-0.2, 0) is 4.79 Å². The normalized spacial score (nSPS) is 19.9. The fourth-order valence-electron chi connectivity index (χ4n) is 2.99. The Balaban J connectivity index is 2.43. The SMILES string of the molecule is CC(C)CC(C)c1ccccc1N1C(O)=C(C(N)=O)SC1C. The molecule has 0 fully saturated rings. The van der Waals surface area contributed by atoms with Crippen molar-refractivity contribution in [3.05, 3.63) is 40.6 Å². The molecule has 1 aliphatic heterocycles. The number of anilines is 1. The van der Waals surface area contributed by atoms with Gasteiger partial charge in [-0.3, -0.25) is 9.69 Å². The van der Waals surface area contributed by atoms with Crippen molar-refractivity contribution in [2.24, 2.45) is 11.7 Å². The number of amides is 1. The molecule has 22 heavy (non-hydrogen) atoms. The fourth-order valence-corrected chi connectivity index (χ4v) is 3.97. The topological polar surface area (TPSA) is 66.6 Å². The van der Waals surface area contributed by atoms with Crippen molar-refractivity contribution < 1.29 is 9.90 Å². The molecule has 1 aromatic rings. The smallest absolute Gasteiger partial charge is 0.260 e. The number of carbonyl (C=O) groups excluding carboxylic acids is 1. The van der Waals surface area contributed by atoms with Gasteiger partial charge in [0, 0.05) is 5.69 Å². The van der Waals surface area contributed by atoms with Gasteiger partial charge < -0.3 is 10.8 Å². The van der Waals surface area contributed by atoms with Crippen molar-refractivity contribution in [1.29, 1.82) is 0 Å². The highest BCUT2D eigenvalue weighted by molar-refractivity contribution is 8.05. The van der Waals surface area contributed by atoms with E-state index in [9.17, 15) is 9.90 Å². The number of aliphatic hydroxyl groups is 1. The van der Waals surface area contributed by atoms with Crippen LogP contribution in [0.15, 0.2) is 35.1 Å². The van der Waals surface area contributed by atoms with E-state index in [0.29, 0.717) is 11.8 Å². The molecule has 2 rings (SSSR count). The lowest BCUT2D eigenvalue weighted by Crippen LogP contribution is -2.27. The molecule has 3 N–H and O–H groups in total. The zero-order chi connectivity index (χ0) is 16.4. The first-order chi connectivity index (χ1) is 10.3. The highest BCUT2D eigenvalue weighted by Gasteiger charge is 2.35. The van der Waals surface area contributed by atoms with E-state index in [1.54, 1.807) is 4.90 Å². The quantitative estimate of drug-likeness (QED) is 0.862. The van der Waals surface area contributed by atoms with Gasteiger partial charge in [-0.1, -0.05) is 50.7 Å². The zero-order valence-corrected chi connectivity index (χ0v) is 14.4. The van der Waals surface area contributed by atoms with Crippen LogP contribution in [0.1, 0.15) is 45.6 Å². The van der Waals surface area contributed by atoms with E-state index in [1.165, 1.54) is 17.3 Å². The number of nitrogens with two attached hydrogens (primary N) is 1. The average Bonchev–Trinajstić information content (AvgIpc) is 2.73. The summed E-state index contributed by atoms with van der Waals surface area (Å²) in [5.74, 6) is 0.358. The number of benzene rings is 1. The van der Waals surface area contributed by atoms with Crippen molar-refractivity contribution in [3.8, 4) is 0 Å². The van der Waals surface area contributed by atoms with E-state index < -0.39 is 5.91 Å². The van der Waals surface area contributed by atoms with Gasteiger partial charge in [0.05, 0.1) is 5.37 Å². The summed E-state index contributed by atoms with van der Waals surface area (Å²) in [6, 6.07) is 8.05. The van der Waals surface area contributed by atoms with Gasteiger partial charge in [0.25, 0.3) is 5.91 Å². The van der Waals surface area contributed by atoms with Crippen LogP contribution in [0.4, 0.5) is 5.69 Å². The Labute approximate surface area is 136 Å². The summed E-state index contributed by atoms with van der Waals surface area (Å²) in [7, 11) is 0. The minimum atomic E-state index is -0.579. The first-order valence-electron chi connectivity index (χ1n) is 7.60. The number of thioether (sulfide) groups is 1. The van der Waals surface area contributed by atoms with E-state index in [1.807, 2.05) is 25.1 Å². The van der Waals surface area contributed by atoms with E-state index in [-0.39, 0.29) is 16.2 Å². The largest absolute Gasteiger partial charge is 0.493 e. The molecule has 1 heterocycles. The van der Waals surface area contributed by atoms with Gasteiger partial charge in [0.2, 0.25) is 5.88 Å². The van der Waals surface area contributed by atoms with E-state index in [0.717, 1.165) is 12.1 Å². The third kappa shape index (κ3) is 3.24. The van der Waals surface area contributed by atoms with Crippen molar-refractivity contribution in [3.63, 3.8) is 0 Å². The van der Waals surface area contributed by atoms with Crippen molar-refractivity contribution in [1.82, 2.24) is 0 Å². The van der Waals surface area contributed by atoms with Gasteiger partial charge in [0.15, 0.2) is 0 Å². The Kier molecular flexibility index (Phi) is 5.06.